The average Bonchev–Trinajstić information content (AvgIpc) is 3.44. The number of likely N-dealkylation sites (tertiary alicyclic amines) is 1. The van der Waals surface area contributed by atoms with Gasteiger partial charge in [-0.3, -0.25) is 0 Å². The van der Waals surface area contributed by atoms with Gasteiger partial charge in [-0.05, 0) is 81.6 Å². The minimum absolute atomic E-state index is 0.450. The van der Waals surface area contributed by atoms with Crippen LogP contribution in [0.15, 0.2) is 54.7 Å². The summed E-state index contributed by atoms with van der Waals surface area (Å²) in [7, 11) is 1.69. The molecule has 216 valence electrons. The average molecular weight is 575 g/mol. The largest absolute Gasteiger partial charge is 0.494 e. The van der Waals surface area contributed by atoms with E-state index in [2.05, 4.69) is 50.7 Å². The molecule has 0 unspecified atom stereocenters. The molecule has 2 saturated heterocycles. The zero-order valence-corrected chi connectivity index (χ0v) is 25.3. The molecule has 0 bridgehead atoms. The molecule has 2 aliphatic heterocycles. The van der Waals surface area contributed by atoms with E-state index in [1.807, 2.05) is 49.9 Å². The molecule has 2 aromatic carbocycles. The molecule has 4 heterocycles. The number of H-pyrrole nitrogens is 1. The highest BCUT2D eigenvalue weighted by atomic mass is 31.2. The van der Waals surface area contributed by atoms with Crippen molar-refractivity contribution in [1.82, 2.24) is 19.9 Å². The molecule has 0 radical (unpaired) electrons. The van der Waals surface area contributed by atoms with Crippen LogP contribution in [0.2, 0.25) is 0 Å². The molecule has 0 aliphatic carbocycles. The molecule has 10 heteroatoms. The van der Waals surface area contributed by atoms with Gasteiger partial charge in [0.25, 0.3) is 0 Å². The smallest absolute Gasteiger partial charge is 0.231 e. The number of hydrogen-bond acceptors (Lipinski definition) is 8. The summed E-state index contributed by atoms with van der Waals surface area (Å²) in [6, 6.07) is 16.1. The summed E-state index contributed by atoms with van der Waals surface area (Å²) in [6.45, 7) is 8.37. The number of aromatic amines is 1. The van der Waals surface area contributed by atoms with Crippen LogP contribution in [0.1, 0.15) is 25.7 Å². The van der Waals surface area contributed by atoms with Crippen molar-refractivity contribution in [1.29, 1.82) is 0 Å². The van der Waals surface area contributed by atoms with Gasteiger partial charge in [0, 0.05) is 31.0 Å². The molecule has 0 saturated carbocycles. The minimum atomic E-state index is -2.25. The van der Waals surface area contributed by atoms with Gasteiger partial charge in [0.2, 0.25) is 5.95 Å². The molecule has 2 fully saturated rings. The van der Waals surface area contributed by atoms with E-state index >= 15 is 0 Å². The molecule has 0 atom stereocenters. The molecule has 4 N–H and O–H groups in total. The van der Waals surface area contributed by atoms with Gasteiger partial charge < -0.3 is 30.2 Å². The second-order valence-electron chi connectivity index (χ2n) is 12.0. The van der Waals surface area contributed by atoms with E-state index in [-0.39, 0.29) is 0 Å². The van der Waals surface area contributed by atoms with Crippen LogP contribution >= 0.6 is 7.49 Å². The van der Waals surface area contributed by atoms with Crippen molar-refractivity contribution in [3.63, 3.8) is 0 Å². The van der Waals surface area contributed by atoms with Gasteiger partial charge in [-0.15, -0.1) is 0 Å². The van der Waals surface area contributed by atoms with E-state index < -0.39 is 7.49 Å². The fourth-order valence-electron chi connectivity index (χ4n) is 6.21. The topological polar surface area (TPSA) is 102 Å². The number of hydrogen-bond donors (Lipinski definition) is 4. The maximum absolute atomic E-state index is 10.8. The van der Waals surface area contributed by atoms with E-state index in [4.69, 9.17) is 14.7 Å². The number of anilines is 5. The van der Waals surface area contributed by atoms with Crippen LogP contribution in [0.3, 0.4) is 0 Å². The van der Waals surface area contributed by atoms with Crippen molar-refractivity contribution >= 4 is 52.7 Å². The second kappa shape index (κ2) is 11.1. The van der Waals surface area contributed by atoms with Crippen molar-refractivity contribution in [2.45, 2.75) is 25.7 Å². The first-order chi connectivity index (χ1) is 19.7. The monoisotopic (exact) mass is 574 g/mol. The van der Waals surface area contributed by atoms with Gasteiger partial charge in [0.15, 0.2) is 7.49 Å². The summed E-state index contributed by atoms with van der Waals surface area (Å²) < 4.78 is 5.82. The number of para-hydroxylation sites is 1. The maximum Gasteiger partial charge on any atom is 0.231 e. The lowest BCUT2D eigenvalue weighted by Gasteiger charge is -2.47. The maximum atomic E-state index is 10.8. The molecular weight excluding hydrogens is 533 g/mol. The first-order valence-electron chi connectivity index (χ1n) is 14.4. The highest BCUT2D eigenvalue weighted by molar-refractivity contribution is 7.76. The quantitative estimate of drug-likeness (QED) is 0.213. The fourth-order valence-corrected chi connectivity index (χ4v) is 7.38. The summed E-state index contributed by atoms with van der Waals surface area (Å²) in [5.41, 5.74) is 4.06. The summed E-state index contributed by atoms with van der Waals surface area (Å²) in [6.07, 6.45) is 6.99. The molecular formula is C31H41N7O2P+. The van der Waals surface area contributed by atoms with E-state index in [1.54, 1.807) is 7.11 Å². The lowest BCUT2D eigenvalue weighted by Crippen LogP contribution is -2.46. The van der Waals surface area contributed by atoms with Gasteiger partial charge in [-0.2, -0.15) is 9.97 Å². The van der Waals surface area contributed by atoms with Gasteiger partial charge in [0.05, 0.1) is 37.2 Å². The van der Waals surface area contributed by atoms with Crippen molar-refractivity contribution in [3.8, 4) is 5.75 Å². The van der Waals surface area contributed by atoms with E-state index in [1.165, 1.54) is 44.5 Å². The van der Waals surface area contributed by atoms with Crippen molar-refractivity contribution < 1.29 is 9.63 Å². The number of nitrogens with one attached hydrogen (secondary N) is 3. The third kappa shape index (κ3) is 5.85. The Hall–Kier alpha value is -3.39. The number of rotatable bonds is 7. The van der Waals surface area contributed by atoms with Crippen molar-refractivity contribution in [2.75, 3.05) is 69.2 Å². The Morgan fingerprint density at radius 3 is 2.39 bits per heavy atom. The molecule has 2 aliphatic rings. The Labute approximate surface area is 242 Å². The first-order valence-corrected chi connectivity index (χ1v) is 17.0. The van der Waals surface area contributed by atoms with Crippen LogP contribution < -0.4 is 25.6 Å². The Morgan fingerprint density at radius 1 is 0.927 bits per heavy atom. The highest BCUT2D eigenvalue weighted by Crippen LogP contribution is 2.47. The fraction of sp³-hybridized carbons (Fsp3) is 0.419. The molecule has 0 amide bonds. The number of piperidine rings is 2. The van der Waals surface area contributed by atoms with Gasteiger partial charge in [0.1, 0.15) is 22.5 Å². The predicted octanol–water partition coefficient (Wildman–Crippen LogP) is 5.58. The predicted molar refractivity (Wildman–Crippen MR) is 171 cm³/mol. The van der Waals surface area contributed by atoms with Crippen LogP contribution in [0.5, 0.6) is 5.75 Å². The lowest BCUT2D eigenvalue weighted by atomic mass is 9.71. The van der Waals surface area contributed by atoms with Crippen LogP contribution in [0.25, 0.3) is 11.0 Å². The van der Waals surface area contributed by atoms with E-state index in [0.29, 0.717) is 22.8 Å². The van der Waals surface area contributed by atoms with Crippen LogP contribution in [-0.4, -0.2) is 78.4 Å². The van der Waals surface area contributed by atoms with Crippen molar-refractivity contribution in [2.24, 2.45) is 5.41 Å². The van der Waals surface area contributed by atoms with Crippen LogP contribution in [-0.2, 0) is 0 Å². The van der Waals surface area contributed by atoms with E-state index in [9.17, 15) is 4.89 Å². The molecule has 1 spiro atoms. The molecule has 4 aromatic rings. The number of nitrogens with zero attached hydrogens (tertiary/aromatic N) is 4. The summed E-state index contributed by atoms with van der Waals surface area (Å²) >= 11 is 0. The third-order valence-corrected chi connectivity index (χ3v) is 10.4. The number of methoxy groups -OCH3 is 1. The van der Waals surface area contributed by atoms with Crippen LogP contribution in [0, 0.1) is 5.41 Å². The molecule has 41 heavy (non-hydrogen) atoms. The highest BCUT2D eigenvalue weighted by Gasteiger charge is 2.37. The Morgan fingerprint density at radius 2 is 1.66 bits per heavy atom. The number of benzene rings is 2. The Bertz CT molecular complexity index is 1510. The summed E-state index contributed by atoms with van der Waals surface area (Å²) in [4.78, 5) is 28.5. The Kier molecular flexibility index (Phi) is 7.53. The molecule has 2 aromatic heterocycles. The second-order valence-corrected chi connectivity index (χ2v) is 15.2. The van der Waals surface area contributed by atoms with Gasteiger partial charge in [-0.25, -0.2) is 4.89 Å². The summed E-state index contributed by atoms with van der Waals surface area (Å²) in [5, 5.41) is 8.61. The minimum Gasteiger partial charge on any atom is -0.494 e. The SMILES string of the molecule is COc1cc(N2CCC3(CCN(C)CC3)CC2)ccc1Nc1nc(Nc2ccccc2[P+](C)(C)O)c2cc[nH]c2n1. The van der Waals surface area contributed by atoms with E-state index in [0.717, 1.165) is 40.9 Å². The van der Waals surface area contributed by atoms with Crippen molar-refractivity contribution in [3.05, 3.63) is 54.7 Å². The Balaban J connectivity index is 1.22. The molecule has 9 nitrogen and oxygen atoms in total. The third-order valence-electron chi connectivity index (χ3n) is 8.83. The number of ether oxygens (including phenoxy) is 1. The lowest BCUT2D eigenvalue weighted by molar-refractivity contribution is 0.0945. The summed E-state index contributed by atoms with van der Waals surface area (Å²) in [5.74, 6) is 1.86. The standard InChI is InChI=1S/C31H41N7O2P/c1-37-17-12-31(13-18-37)14-19-38(20-15-31)22-9-10-24(26(21-22)40-2)34-30-35-28-23(11-16-32-28)29(36-30)33-25-7-5-6-8-27(25)41(3,4)39/h5-11,16,21,39H,12-15,17-20H2,1-4H3,(H3,32,33,34,35,36)/q+1. The normalized spacial score (nSPS) is 17.6. The zero-order valence-electron chi connectivity index (χ0n) is 24.4. The first kappa shape index (κ1) is 27.8. The molecule has 6 rings (SSSR count). The number of fused-ring (bicyclic) bond motifs is 1. The van der Waals surface area contributed by atoms with Gasteiger partial charge >= 0.3 is 0 Å². The zero-order chi connectivity index (χ0) is 28.6. The van der Waals surface area contributed by atoms with Crippen LogP contribution in [0.4, 0.5) is 28.8 Å². The van der Waals surface area contributed by atoms with Gasteiger partial charge in [-0.1, -0.05) is 12.1 Å². The number of aromatic nitrogens is 3.